The third-order valence-electron chi connectivity index (χ3n) is 4.43. The fraction of sp³-hybridized carbons (Fsp3) is 0.529. The highest BCUT2D eigenvalue weighted by Gasteiger charge is 2.42. The molecule has 7 heteroatoms. The molecule has 0 bridgehead atoms. The van der Waals surface area contributed by atoms with E-state index in [0.29, 0.717) is 12.8 Å². The van der Waals surface area contributed by atoms with Crippen LogP contribution in [0.25, 0.3) is 0 Å². The molecule has 7 nitrogen and oxygen atoms in total. The second-order valence-electron chi connectivity index (χ2n) is 6.18. The Morgan fingerprint density at radius 1 is 1.25 bits per heavy atom. The number of aliphatic hydroxyl groups is 1. The van der Waals surface area contributed by atoms with E-state index in [1.807, 2.05) is 37.3 Å². The molecule has 0 spiro atoms. The number of carbonyl (C=O) groups excluding carboxylic acids is 1. The fourth-order valence-electron chi connectivity index (χ4n) is 2.48. The standard InChI is InChI=1S/C17H27N3O4/c1-4-11(2)14(15(21)22)19-16(23)17(24,20-18)12(3)10-13-8-6-5-7-9-13/h5-9,11-12,14,20,24H,4,10,18H2,1-3H3,(H,19,23)(H,21,22). The molecule has 6 N–H and O–H groups in total. The number of hydrazine groups is 1. The van der Waals surface area contributed by atoms with Gasteiger partial charge in [-0.2, -0.15) is 0 Å². The molecule has 0 saturated heterocycles. The molecule has 0 saturated carbocycles. The summed E-state index contributed by atoms with van der Waals surface area (Å²) >= 11 is 0. The van der Waals surface area contributed by atoms with Crippen molar-refractivity contribution in [3.63, 3.8) is 0 Å². The summed E-state index contributed by atoms with van der Waals surface area (Å²) in [5.74, 6) is 2.57. The lowest BCUT2D eigenvalue weighted by atomic mass is 9.89. The Kier molecular flexibility index (Phi) is 7.34. The average Bonchev–Trinajstić information content (AvgIpc) is 2.58. The molecule has 0 aliphatic heterocycles. The van der Waals surface area contributed by atoms with E-state index in [1.54, 1.807) is 13.8 Å². The van der Waals surface area contributed by atoms with Gasteiger partial charge in [0.1, 0.15) is 6.04 Å². The van der Waals surface area contributed by atoms with Gasteiger partial charge >= 0.3 is 5.97 Å². The van der Waals surface area contributed by atoms with E-state index in [0.717, 1.165) is 5.56 Å². The molecule has 4 atom stereocenters. The smallest absolute Gasteiger partial charge is 0.326 e. The van der Waals surface area contributed by atoms with E-state index in [4.69, 9.17) is 5.84 Å². The highest BCUT2D eigenvalue weighted by molar-refractivity contribution is 5.89. The molecule has 134 valence electrons. The molecule has 0 radical (unpaired) electrons. The predicted octanol–water partition coefficient (Wildman–Crippen LogP) is 0.633. The van der Waals surface area contributed by atoms with Crippen molar-refractivity contribution < 1.29 is 19.8 Å². The Morgan fingerprint density at radius 3 is 2.29 bits per heavy atom. The van der Waals surface area contributed by atoms with Crippen LogP contribution in [0.5, 0.6) is 0 Å². The van der Waals surface area contributed by atoms with Crippen molar-refractivity contribution in [3.8, 4) is 0 Å². The van der Waals surface area contributed by atoms with Gasteiger partial charge in [0.25, 0.3) is 5.91 Å². The third-order valence-corrected chi connectivity index (χ3v) is 4.43. The minimum atomic E-state index is -2.07. The van der Waals surface area contributed by atoms with Gasteiger partial charge < -0.3 is 15.5 Å². The Bertz CT molecular complexity index is 552. The zero-order chi connectivity index (χ0) is 18.3. The first kappa shape index (κ1) is 20.1. The van der Waals surface area contributed by atoms with Gasteiger partial charge in [0.15, 0.2) is 0 Å². The summed E-state index contributed by atoms with van der Waals surface area (Å²) in [6.45, 7) is 5.23. The third kappa shape index (κ3) is 4.77. The molecule has 1 rings (SSSR count). The largest absolute Gasteiger partial charge is 0.480 e. The number of hydrogen-bond acceptors (Lipinski definition) is 5. The van der Waals surface area contributed by atoms with Crippen LogP contribution < -0.4 is 16.6 Å². The molecule has 1 aromatic carbocycles. The van der Waals surface area contributed by atoms with Gasteiger partial charge in [0.05, 0.1) is 0 Å². The minimum absolute atomic E-state index is 0.280. The monoisotopic (exact) mass is 337 g/mol. The lowest BCUT2D eigenvalue weighted by molar-refractivity contribution is -0.155. The van der Waals surface area contributed by atoms with Gasteiger partial charge in [-0.25, -0.2) is 10.2 Å². The van der Waals surface area contributed by atoms with Crippen LogP contribution in [-0.4, -0.2) is 33.9 Å². The first-order chi connectivity index (χ1) is 11.3. The van der Waals surface area contributed by atoms with Gasteiger partial charge in [0.2, 0.25) is 5.72 Å². The van der Waals surface area contributed by atoms with E-state index >= 15 is 0 Å². The van der Waals surface area contributed by atoms with Gasteiger partial charge in [0, 0.05) is 5.92 Å². The average molecular weight is 337 g/mol. The fourth-order valence-corrected chi connectivity index (χ4v) is 2.48. The van der Waals surface area contributed by atoms with Crippen LogP contribution in [-0.2, 0) is 16.0 Å². The first-order valence-corrected chi connectivity index (χ1v) is 8.04. The van der Waals surface area contributed by atoms with Crippen LogP contribution in [0.15, 0.2) is 30.3 Å². The van der Waals surface area contributed by atoms with Gasteiger partial charge in [-0.1, -0.05) is 57.5 Å². The maximum atomic E-state index is 12.5. The van der Waals surface area contributed by atoms with Crippen LogP contribution in [0.4, 0.5) is 0 Å². The number of amides is 1. The second kappa shape index (κ2) is 8.77. The van der Waals surface area contributed by atoms with Gasteiger partial charge in [-0.15, -0.1) is 0 Å². The summed E-state index contributed by atoms with van der Waals surface area (Å²) in [6, 6.07) is 8.26. The first-order valence-electron chi connectivity index (χ1n) is 8.04. The van der Waals surface area contributed by atoms with Crippen molar-refractivity contribution in [2.24, 2.45) is 17.7 Å². The number of rotatable bonds is 9. The van der Waals surface area contributed by atoms with Crippen molar-refractivity contribution in [3.05, 3.63) is 35.9 Å². The number of nitrogens with one attached hydrogen (secondary N) is 2. The summed E-state index contributed by atoms with van der Waals surface area (Å²) in [5.41, 5.74) is 1.01. The quantitative estimate of drug-likeness (QED) is 0.256. The lowest BCUT2D eigenvalue weighted by Crippen LogP contribution is -2.66. The van der Waals surface area contributed by atoms with E-state index in [-0.39, 0.29) is 5.92 Å². The summed E-state index contributed by atoms with van der Waals surface area (Å²) in [7, 11) is 0. The molecule has 0 aliphatic rings. The highest BCUT2D eigenvalue weighted by Crippen LogP contribution is 2.20. The maximum Gasteiger partial charge on any atom is 0.326 e. The number of hydrogen-bond donors (Lipinski definition) is 5. The van der Waals surface area contributed by atoms with Crippen molar-refractivity contribution in [1.29, 1.82) is 0 Å². The number of benzene rings is 1. The van der Waals surface area contributed by atoms with Crippen LogP contribution in [0.3, 0.4) is 0 Å². The Morgan fingerprint density at radius 2 is 1.83 bits per heavy atom. The Labute approximate surface area is 142 Å². The van der Waals surface area contributed by atoms with Crippen LogP contribution in [0, 0.1) is 11.8 Å². The summed E-state index contributed by atoms with van der Waals surface area (Å²) < 4.78 is 0. The number of nitrogens with two attached hydrogens (primary N) is 1. The Hall–Kier alpha value is -1.96. The molecule has 1 amide bonds. The van der Waals surface area contributed by atoms with E-state index in [9.17, 15) is 19.8 Å². The van der Waals surface area contributed by atoms with Crippen LogP contribution in [0.2, 0.25) is 0 Å². The molecular weight excluding hydrogens is 310 g/mol. The molecule has 0 aromatic heterocycles. The molecule has 4 unspecified atom stereocenters. The van der Waals surface area contributed by atoms with Crippen molar-refractivity contribution in [2.75, 3.05) is 0 Å². The number of carboxylic acids is 1. The van der Waals surface area contributed by atoms with E-state index < -0.39 is 29.6 Å². The molecule has 1 aromatic rings. The highest BCUT2D eigenvalue weighted by atomic mass is 16.4. The lowest BCUT2D eigenvalue weighted by Gasteiger charge is -2.33. The van der Waals surface area contributed by atoms with Crippen molar-refractivity contribution in [2.45, 2.75) is 45.4 Å². The topological polar surface area (TPSA) is 125 Å². The normalized spacial score (nSPS) is 17.4. The molecule has 0 aliphatic carbocycles. The number of aliphatic carboxylic acids is 1. The molecule has 0 fully saturated rings. The van der Waals surface area contributed by atoms with Crippen molar-refractivity contribution >= 4 is 11.9 Å². The molecule has 0 heterocycles. The summed E-state index contributed by atoms with van der Waals surface area (Å²) in [5, 5.41) is 22.3. The van der Waals surface area contributed by atoms with Crippen LogP contribution in [0.1, 0.15) is 32.8 Å². The minimum Gasteiger partial charge on any atom is -0.480 e. The second-order valence-corrected chi connectivity index (χ2v) is 6.18. The number of carboxylic acid groups (broad SMARTS) is 1. The molecule has 24 heavy (non-hydrogen) atoms. The SMILES string of the molecule is CCC(C)C(NC(=O)C(O)(NN)C(C)Cc1ccccc1)C(=O)O. The zero-order valence-electron chi connectivity index (χ0n) is 14.3. The van der Waals surface area contributed by atoms with Crippen LogP contribution >= 0.6 is 0 Å². The van der Waals surface area contributed by atoms with Crippen molar-refractivity contribution in [1.82, 2.24) is 10.7 Å². The summed E-state index contributed by atoms with van der Waals surface area (Å²) in [6.07, 6.45) is 0.974. The zero-order valence-corrected chi connectivity index (χ0v) is 14.3. The van der Waals surface area contributed by atoms with E-state index in [2.05, 4.69) is 10.7 Å². The number of carbonyl (C=O) groups is 2. The molecular formula is C17H27N3O4. The predicted molar refractivity (Wildman–Crippen MR) is 90.6 cm³/mol. The maximum absolute atomic E-state index is 12.5. The van der Waals surface area contributed by atoms with Gasteiger partial charge in [-0.3, -0.25) is 10.6 Å². The summed E-state index contributed by atoms with van der Waals surface area (Å²) in [4.78, 5) is 23.9. The Balaban J connectivity index is 2.91. The van der Waals surface area contributed by atoms with Gasteiger partial charge in [-0.05, 0) is 17.9 Å². The van der Waals surface area contributed by atoms with E-state index in [1.165, 1.54) is 0 Å².